The molecular weight excluding hydrogens is 358 g/mol. The van der Waals surface area contributed by atoms with Crippen molar-refractivity contribution in [1.82, 2.24) is 19.9 Å². The standard InChI is InChI=1S/C16H18ClN7O2/c1-18-13-7-12(21-10-6-4-5-9(17)14(10)26-3)23-15-11(8-20-24(13)15)22-16(25)19-2/h4-8,18H,1-3H3,(H,21,23)(H2,19,22,25). The smallest absolute Gasteiger partial charge is 0.319 e. The number of hydrogen-bond donors (Lipinski definition) is 4. The van der Waals surface area contributed by atoms with Gasteiger partial charge in [0.05, 0.1) is 24.0 Å². The predicted octanol–water partition coefficient (Wildman–Crippen LogP) is 2.93. The van der Waals surface area contributed by atoms with Gasteiger partial charge in [-0.15, -0.1) is 0 Å². The van der Waals surface area contributed by atoms with Gasteiger partial charge in [-0.2, -0.15) is 9.61 Å². The lowest BCUT2D eigenvalue weighted by Gasteiger charge is -2.13. The summed E-state index contributed by atoms with van der Waals surface area (Å²) in [6, 6.07) is 6.80. The van der Waals surface area contributed by atoms with E-state index < -0.39 is 0 Å². The monoisotopic (exact) mass is 375 g/mol. The number of nitrogens with zero attached hydrogens (tertiary/aromatic N) is 3. The maximum absolute atomic E-state index is 11.6. The molecule has 0 atom stereocenters. The van der Waals surface area contributed by atoms with Gasteiger partial charge in [-0.3, -0.25) is 0 Å². The Morgan fingerprint density at radius 3 is 2.77 bits per heavy atom. The Kier molecular flexibility index (Phi) is 4.99. The number of rotatable bonds is 5. The van der Waals surface area contributed by atoms with Gasteiger partial charge in [0.15, 0.2) is 11.4 Å². The van der Waals surface area contributed by atoms with Crippen molar-refractivity contribution >= 4 is 46.3 Å². The highest BCUT2D eigenvalue weighted by Gasteiger charge is 2.14. The zero-order valence-electron chi connectivity index (χ0n) is 14.4. The van der Waals surface area contributed by atoms with Crippen LogP contribution in [0.25, 0.3) is 5.65 Å². The van der Waals surface area contributed by atoms with E-state index in [4.69, 9.17) is 16.3 Å². The average Bonchev–Trinajstić information content (AvgIpc) is 3.04. The Morgan fingerprint density at radius 1 is 1.27 bits per heavy atom. The van der Waals surface area contributed by atoms with Gasteiger partial charge in [-0.25, -0.2) is 9.78 Å². The molecule has 0 radical (unpaired) electrons. The van der Waals surface area contributed by atoms with Crippen LogP contribution in [0.1, 0.15) is 0 Å². The van der Waals surface area contributed by atoms with Crippen LogP contribution in [-0.2, 0) is 0 Å². The molecule has 0 aliphatic heterocycles. The molecule has 0 fully saturated rings. The quantitative estimate of drug-likeness (QED) is 0.546. The molecule has 0 aliphatic carbocycles. The molecule has 3 aromatic rings. The van der Waals surface area contributed by atoms with Crippen molar-refractivity contribution in [2.75, 3.05) is 37.2 Å². The number of fused-ring (bicyclic) bond motifs is 1. The van der Waals surface area contributed by atoms with Crippen LogP contribution in [0.5, 0.6) is 5.75 Å². The Hall–Kier alpha value is -3.20. The summed E-state index contributed by atoms with van der Waals surface area (Å²) < 4.78 is 6.94. The lowest BCUT2D eigenvalue weighted by atomic mass is 10.3. The molecule has 0 bridgehead atoms. The zero-order chi connectivity index (χ0) is 18.7. The van der Waals surface area contributed by atoms with Crippen molar-refractivity contribution < 1.29 is 9.53 Å². The van der Waals surface area contributed by atoms with Gasteiger partial charge in [0.1, 0.15) is 17.3 Å². The van der Waals surface area contributed by atoms with Gasteiger partial charge in [0.2, 0.25) is 0 Å². The number of para-hydroxylation sites is 1. The van der Waals surface area contributed by atoms with Crippen LogP contribution in [0, 0.1) is 0 Å². The average molecular weight is 376 g/mol. The third-order valence-electron chi connectivity index (χ3n) is 3.64. The second kappa shape index (κ2) is 7.36. The Balaban J connectivity index is 2.05. The highest BCUT2D eigenvalue weighted by Crippen LogP contribution is 2.34. The van der Waals surface area contributed by atoms with Crippen molar-refractivity contribution in [2.45, 2.75) is 0 Å². The van der Waals surface area contributed by atoms with Gasteiger partial charge in [0.25, 0.3) is 0 Å². The first-order chi connectivity index (χ1) is 12.6. The van der Waals surface area contributed by atoms with Gasteiger partial charge < -0.3 is 26.0 Å². The van der Waals surface area contributed by atoms with E-state index in [1.54, 1.807) is 30.8 Å². The van der Waals surface area contributed by atoms with Crippen LogP contribution in [0.3, 0.4) is 0 Å². The Morgan fingerprint density at radius 2 is 2.08 bits per heavy atom. The summed E-state index contributed by atoms with van der Waals surface area (Å²) in [6.45, 7) is 0. The van der Waals surface area contributed by atoms with Crippen molar-refractivity contribution in [1.29, 1.82) is 0 Å². The van der Waals surface area contributed by atoms with Crippen LogP contribution in [0.4, 0.5) is 27.8 Å². The fraction of sp³-hybridized carbons (Fsp3) is 0.188. The number of hydrogen-bond acceptors (Lipinski definition) is 6. The van der Waals surface area contributed by atoms with Crippen LogP contribution in [-0.4, -0.2) is 41.8 Å². The lowest BCUT2D eigenvalue weighted by molar-refractivity contribution is 0.254. The molecule has 2 heterocycles. The number of nitrogens with one attached hydrogen (secondary N) is 4. The van der Waals surface area contributed by atoms with Crippen molar-refractivity contribution in [3.63, 3.8) is 0 Å². The van der Waals surface area contributed by atoms with Gasteiger partial charge in [0, 0.05) is 20.2 Å². The first-order valence-electron chi connectivity index (χ1n) is 7.72. The molecule has 26 heavy (non-hydrogen) atoms. The number of aromatic nitrogens is 3. The highest BCUT2D eigenvalue weighted by atomic mass is 35.5. The van der Waals surface area contributed by atoms with E-state index in [0.717, 1.165) is 0 Å². The van der Waals surface area contributed by atoms with Gasteiger partial charge in [-0.1, -0.05) is 17.7 Å². The van der Waals surface area contributed by atoms with Gasteiger partial charge >= 0.3 is 6.03 Å². The largest absolute Gasteiger partial charge is 0.493 e. The molecule has 136 valence electrons. The second-order valence-electron chi connectivity index (χ2n) is 5.22. The molecule has 0 saturated carbocycles. The second-order valence-corrected chi connectivity index (χ2v) is 5.63. The molecule has 2 amide bonds. The van der Waals surface area contributed by atoms with Crippen molar-refractivity contribution in [3.05, 3.63) is 35.5 Å². The van der Waals surface area contributed by atoms with E-state index in [2.05, 4.69) is 31.3 Å². The Bertz CT molecular complexity index is 957. The molecule has 0 aliphatic rings. The minimum Gasteiger partial charge on any atom is -0.493 e. The molecule has 0 unspecified atom stereocenters. The normalized spacial score (nSPS) is 10.5. The number of carbonyl (C=O) groups is 1. The first kappa shape index (κ1) is 17.6. The number of anilines is 4. The van der Waals surface area contributed by atoms with Crippen LogP contribution >= 0.6 is 11.6 Å². The molecule has 10 heteroatoms. The summed E-state index contributed by atoms with van der Waals surface area (Å²) in [5.74, 6) is 1.73. The number of amides is 2. The van der Waals surface area contributed by atoms with Crippen LogP contribution in [0.2, 0.25) is 5.02 Å². The van der Waals surface area contributed by atoms with Crippen molar-refractivity contribution in [2.24, 2.45) is 0 Å². The first-order valence-corrected chi connectivity index (χ1v) is 8.10. The molecular formula is C16H18ClN7O2. The van der Waals surface area contributed by atoms with E-state index >= 15 is 0 Å². The van der Waals surface area contributed by atoms with E-state index in [9.17, 15) is 4.79 Å². The SMILES string of the molecule is CNC(=O)Nc1cnn2c(NC)cc(Nc3cccc(Cl)c3OC)nc12. The summed E-state index contributed by atoms with van der Waals surface area (Å²) >= 11 is 6.16. The fourth-order valence-electron chi connectivity index (χ4n) is 2.43. The van der Waals surface area contributed by atoms with Crippen LogP contribution < -0.4 is 26.0 Å². The van der Waals surface area contributed by atoms with Crippen LogP contribution in [0.15, 0.2) is 30.5 Å². The van der Waals surface area contributed by atoms with Gasteiger partial charge in [-0.05, 0) is 12.1 Å². The number of carbonyl (C=O) groups excluding carboxylic acids is 1. The Labute approximate surface area is 154 Å². The van der Waals surface area contributed by atoms with E-state index in [1.165, 1.54) is 13.2 Å². The third kappa shape index (κ3) is 3.29. The number of urea groups is 1. The number of methoxy groups -OCH3 is 1. The number of benzene rings is 1. The molecule has 0 spiro atoms. The summed E-state index contributed by atoms with van der Waals surface area (Å²) in [4.78, 5) is 16.2. The lowest BCUT2D eigenvalue weighted by Crippen LogP contribution is -2.24. The summed E-state index contributed by atoms with van der Waals surface area (Å²) in [5, 5.41) is 16.2. The summed E-state index contributed by atoms with van der Waals surface area (Å²) in [6.07, 6.45) is 1.53. The summed E-state index contributed by atoms with van der Waals surface area (Å²) in [5.41, 5.74) is 1.62. The number of halogens is 1. The molecule has 2 aromatic heterocycles. The molecule has 1 aromatic carbocycles. The maximum Gasteiger partial charge on any atom is 0.319 e. The molecule has 3 rings (SSSR count). The number of ether oxygens (including phenoxy) is 1. The minimum absolute atomic E-state index is 0.359. The molecule has 0 saturated heterocycles. The fourth-order valence-corrected chi connectivity index (χ4v) is 2.68. The summed E-state index contributed by atoms with van der Waals surface area (Å²) in [7, 11) is 4.85. The van der Waals surface area contributed by atoms with Crippen molar-refractivity contribution in [3.8, 4) is 5.75 Å². The predicted molar refractivity (Wildman–Crippen MR) is 102 cm³/mol. The highest BCUT2D eigenvalue weighted by molar-refractivity contribution is 6.32. The topological polar surface area (TPSA) is 105 Å². The minimum atomic E-state index is -0.359. The van der Waals surface area contributed by atoms with E-state index in [1.807, 2.05) is 12.1 Å². The molecule has 4 N–H and O–H groups in total. The maximum atomic E-state index is 11.6. The van der Waals surface area contributed by atoms with E-state index in [-0.39, 0.29) is 6.03 Å². The third-order valence-corrected chi connectivity index (χ3v) is 3.93. The zero-order valence-corrected chi connectivity index (χ0v) is 15.2. The molecule has 9 nitrogen and oxygen atoms in total. The van der Waals surface area contributed by atoms with E-state index in [0.29, 0.717) is 39.4 Å².